The Morgan fingerprint density at radius 1 is 0.390 bits per heavy atom. The van der Waals surface area contributed by atoms with Crippen molar-refractivity contribution in [3.8, 4) is 0 Å². The van der Waals surface area contributed by atoms with Crippen LogP contribution in [-0.2, 0) is 4.79 Å². The summed E-state index contributed by atoms with van der Waals surface area (Å²) in [6, 6.07) is 0. The van der Waals surface area contributed by atoms with E-state index in [0.717, 1.165) is 13.1 Å². The molecule has 240 valence electrons. The molecule has 0 aromatic rings. The van der Waals surface area contributed by atoms with E-state index in [4.69, 9.17) is 0 Å². The molecule has 0 aliphatic carbocycles. The summed E-state index contributed by atoms with van der Waals surface area (Å²) in [5, 5.41) is 11.0. The van der Waals surface area contributed by atoms with E-state index < -0.39 is 5.97 Å². The van der Waals surface area contributed by atoms with E-state index in [0.29, 0.717) is 6.54 Å². The maximum Gasteiger partial charge on any atom is 1.00 e. The minimum Gasteiger partial charge on any atom is -0.550 e. The van der Waals surface area contributed by atoms with Crippen molar-refractivity contribution in [1.29, 1.82) is 0 Å². The van der Waals surface area contributed by atoms with Gasteiger partial charge in [-0.05, 0) is 32.4 Å². The first-order chi connectivity index (χ1) is 19.7. The van der Waals surface area contributed by atoms with Crippen LogP contribution in [0.5, 0.6) is 0 Å². The van der Waals surface area contributed by atoms with Crippen molar-refractivity contribution in [3.63, 3.8) is 0 Å². The Balaban J connectivity index is 0. The van der Waals surface area contributed by atoms with Crippen LogP contribution in [0.1, 0.15) is 213 Å². The normalized spacial score (nSPS) is 11.3. The number of carboxylic acids is 1. The summed E-state index contributed by atoms with van der Waals surface area (Å²) in [7, 11) is 0. The average Bonchev–Trinajstić information content (AvgIpc) is 2.95. The monoisotopic (exact) mass is 572 g/mol. The number of rotatable bonds is 35. The Morgan fingerprint density at radius 3 is 0.829 bits per heavy atom. The number of carboxylic acid groups (broad SMARTS) is 1. The summed E-state index contributed by atoms with van der Waals surface area (Å²) in [6.07, 6.45) is 41.8. The zero-order valence-electron chi connectivity index (χ0n) is 28.8. The van der Waals surface area contributed by atoms with E-state index in [1.165, 1.54) is 193 Å². The molecular weight excluding hydrogens is 497 g/mol. The van der Waals surface area contributed by atoms with Gasteiger partial charge in [0.15, 0.2) is 0 Å². The molecule has 0 aliphatic rings. The van der Waals surface area contributed by atoms with Crippen LogP contribution in [0.3, 0.4) is 0 Å². The first-order valence-corrected chi connectivity index (χ1v) is 18.6. The Bertz CT molecular complexity index is 454. The predicted octanol–water partition coefficient (Wildman–Crippen LogP) is 8.18. The second-order valence-corrected chi connectivity index (χ2v) is 12.9. The molecule has 0 aromatic carbocycles. The number of nitrogens with zero attached hydrogens (tertiary/aromatic N) is 1. The third kappa shape index (κ3) is 38.0. The van der Waals surface area contributed by atoms with Gasteiger partial charge in [-0.15, -0.1) is 0 Å². The minimum atomic E-state index is -0.905. The third-order valence-corrected chi connectivity index (χ3v) is 8.79. The van der Waals surface area contributed by atoms with Crippen LogP contribution in [0.15, 0.2) is 0 Å². The molecule has 0 aliphatic heterocycles. The van der Waals surface area contributed by atoms with Crippen LogP contribution < -0.4 is 24.0 Å². The molecule has 4 heteroatoms. The first-order valence-electron chi connectivity index (χ1n) is 18.6. The molecule has 0 spiro atoms. The van der Waals surface area contributed by atoms with Crippen LogP contribution >= 0.6 is 0 Å². The number of hydrogen-bond donors (Lipinski definition) is 0. The first kappa shape index (κ1) is 43.2. The second-order valence-electron chi connectivity index (χ2n) is 12.9. The molecule has 0 heterocycles. The van der Waals surface area contributed by atoms with Crippen molar-refractivity contribution in [1.82, 2.24) is 4.90 Å². The third-order valence-electron chi connectivity index (χ3n) is 8.79. The molecule has 0 unspecified atom stereocenters. The molecule has 0 rings (SSSR count). The van der Waals surface area contributed by atoms with E-state index in [1.807, 2.05) is 0 Å². The number of carbonyl (C=O) groups excluding carboxylic acids is 1. The van der Waals surface area contributed by atoms with Crippen molar-refractivity contribution >= 4 is 5.97 Å². The van der Waals surface area contributed by atoms with Gasteiger partial charge in [-0.3, -0.25) is 0 Å². The Kier molecular flexibility index (Phi) is 40.1. The molecule has 0 fully saturated rings. The van der Waals surface area contributed by atoms with Gasteiger partial charge >= 0.3 is 18.9 Å². The second kappa shape index (κ2) is 38.1. The summed E-state index contributed by atoms with van der Waals surface area (Å²) in [4.78, 5) is 13.4. The van der Waals surface area contributed by atoms with E-state index in [2.05, 4.69) is 18.7 Å². The maximum absolute atomic E-state index is 11.0. The van der Waals surface area contributed by atoms with E-state index in [-0.39, 0.29) is 25.3 Å². The van der Waals surface area contributed by atoms with Crippen LogP contribution in [0.25, 0.3) is 0 Å². The molecule has 0 N–H and O–H groups in total. The Hall–Kier alpha value is 0.0274. The molecule has 0 saturated carbocycles. The predicted molar refractivity (Wildman–Crippen MR) is 176 cm³/mol. The Morgan fingerprint density at radius 2 is 0.610 bits per heavy atom. The molecule has 0 bridgehead atoms. The smallest absolute Gasteiger partial charge is 0.550 e. The van der Waals surface area contributed by atoms with Crippen molar-refractivity contribution in [2.45, 2.75) is 213 Å². The molecule has 0 saturated heterocycles. The zero-order chi connectivity index (χ0) is 29.2. The van der Waals surface area contributed by atoms with Crippen molar-refractivity contribution < 1.29 is 28.8 Å². The van der Waals surface area contributed by atoms with E-state index in [9.17, 15) is 9.90 Å². The van der Waals surface area contributed by atoms with Gasteiger partial charge in [-0.25, -0.2) is 0 Å². The number of carbonyl (C=O) groups is 1. The van der Waals surface area contributed by atoms with Gasteiger partial charge in [0.25, 0.3) is 0 Å². The van der Waals surface area contributed by atoms with Gasteiger partial charge < -0.3 is 14.8 Å². The SMILES string of the molecule is CCCCCCCCCCCCCCCCCN(CCCCCCCCCCCCCCCCC)CCC(=O)[O-].[Li+]. The van der Waals surface area contributed by atoms with Crippen molar-refractivity contribution in [3.05, 3.63) is 0 Å². The summed E-state index contributed by atoms with van der Waals surface area (Å²) in [5.74, 6) is -0.905. The van der Waals surface area contributed by atoms with Gasteiger partial charge in [0.1, 0.15) is 0 Å². The van der Waals surface area contributed by atoms with Gasteiger partial charge in [-0.1, -0.05) is 194 Å². The Labute approximate surface area is 271 Å². The summed E-state index contributed by atoms with van der Waals surface area (Å²) < 4.78 is 0. The average molecular weight is 572 g/mol. The van der Waals surface area contributed by atoms with Gasteiger partial charge in [-0.2, -0.15) is 0 Å². The standard InChI is InChI=1S/C37H75NO2.Li/c1-3-5-7-9-11-13-15-17-19-21-23-25-27-29-31-34-38(36-33-37(39)40)35-32-30-28-26-24-22-20-18-16-14-12-10-8-6-4-2;/h3-36H2,1-2H3,(H,39,40);/q;+1/p-1. The van der Waals surface area contributed by atoms with Gasteiger partial charge in [0, 0.05) is 12.5 Å². The maximum atomic E-state index is 11.0. The molecule has 41 heavy (non-hydrogen) atoms. The molecule has 0 aromatic heterocycles. The summed E-state index contributed by atoms with van der Waals surface area (Å²) in [5.41, 5.74) is 0. The fraction of sp³-hybridized carbons (Fsp3) is 0.973. The minimum absolute atomic E-state index is 0. The molecule has 0 atom stereocenters. The van der Waals surface area contributed by atoms with Crippen molar-refractivity contribution in [2.24, 2.45) is 0 Å². The quantitative estimate of drug-likeness (QED) is 0.0569. The van der Waals surface area contributed by atoms with E-state index in [1.54, 1.807) is 0 Å². The summed E-state index contributed by atoms with van der Waals surface area (Å²) >= 11 is 0. The van der Waals surface area contributed by atoms with Gasteiger partial charge in [0.2, 0.25) is 0 Å². The number of unbranched alkanes of at least 4 members (excludes halogenated alkanes) is 28. The van der Waals surface area contributed by atoms with Crippen LogP contribution in [0.2, 0.25) is 0 Å². The fourth-order valence-corrected chi connectivity index (χ4v) is 6.00. The number of hydrogen-bond acceptors (Lipinski definition) is 3. The van der Waals surface area contributed by atoms with Crippen molar-refractivity contribution in [2.75, 3.05) is 19.6 Å². The number of aliphatic carboxylic acids is 1. The van der Waals surface area contributed by atoms with E-state index >= 15 is 0 Å². The van der Waals surface area contributed by atoms with Crippen LogP contribution in [0.4, 0.5) is 0 Å². The fourth-order valence-electron chi connectivity index (χ4n) is 6.00. The van der Waals surface area contributed by atoms with Crippen LogP contribution in [0, 0.1) is 0 Å². The van der Waals surface area contributed by atoms with Crippen LogP contribution in [-0.4, -0.2) is 30.5 Å². The molecular formula is C37H74LiNO2. The molecule has 3 nitrogen and oxygen atoms in total. The summed E-state index contributed by atoms with van der Waals surface area (Å²) in [6.45, 7) is 7.36. The zero-order valence-corrected chi connectivity index (χ0v) is 28.8. The molecule has 0 amide bonds. The van der Waals surface area contributed by atoms with Gasteiger partial charge in [0.05, 0.1) is 0 Å². The molecule has 0 radical (unpaired) electrons. The topological polar surface area (TPSA) is 43.4 Å². The largest absolute Gasteiger partial charge is 1.00 e.